The van der Waals surface area contributed by atoms with Crippen LogP contribution in [-0.4, -0.2) is 0 Å². The highest BCUT2D eigenvalue weighted by atomic mass is 14.2. The summed E-state index contributed by atoms with van der Waals surface area (Å²) in [5.74, 6) is 2.80. The number of rotatable bonds is 37. The van der Waals surface area contributed by atoms with Gasteiger partial charge in [-0.1, -0.05) is 259 Å². The van der Waals surface area contributed by atoms with E-state index >= 15 is 0 Å². The van der Waals surface area contributed by atoms with Crippen molar-refractivity contribution in [3.8, 4) is 0 Å². The normalized spacial score (nSPS) is 12.0. The maximum Gasteiger partial charge on any atom is -0.0414 e. The Balaban J connectivity index is 3.50. The quantitative estimate of drug-likeness (QED) is 0.0619. The number of hydrogen-bond acceptors (Lipinski definition) is 0. The zero-order chi connectivity index (χ0) is 31.5. The monoisotopic (exact) mass is 605 g/mol. The SMILES string of the molecule is CCCCCCCCCCCCCCCCCCCCCCCCCCC(CCCCCC(C)C)CCCCCC(C)C. The number of unbranched alkanes of at least 4 members (excludes halogenated alkanes) is 27. The first kappa shape index (κ1) is 43.0. The van der Waals surface area contributed by atoms with Crippen LogP contribution in [0.1, 0.15) is 259 Å². The van der Waals surface area contributed by atoms with Gasteiger partial charge < -0.3 is 0 Å². The van der Waals surface area contributed by atoms with Gasteiger partial charge >= 0.3 is 0 Å². The van der Waals surface area contributed by atoms with E-state index in [1.54, 1.807) is 0 Å². The Morgan fingerprint density at radius 1 is 0.233 bits per heavy atom. The summed E-state index contributed by atoms with van der Waals surface area (Å²) in [5, 5.41) is 0. The summed E-state index contributed by atoms with van der Waals surface area (Å²) >= 11 is 0. The minimum Gasteiger partial charge on any atom is -0.0654 e. The first-order valence-electron chi connectivity index (χ1n) is 21.1. The lowest BCUT2D eigenvalue weighted by Crippen LogP contribution is -2.02. The van der Waals surface area contributed by atoms with Gasteiger partial charge in [-0.2, -0.15) is 0 Å². The van der Waals surface area contributed by atoms with Crippen molar-refractivity contribution in [1.29, 1.82) is 0 Å². The smallest absolute Gasteiger partial charge is 0.0414 e. The second-order valence-corrected chi connectivity index (χ2v) is 15.9. The molecule has 0 nitrogen and oxygen atoms in total. The van der Waals surface area contributed by atoms with Crippen molar-refractivity contribution in [1.82, 2.24) is 0 Å². The van der Waals surface area contributed by atoms with Crippen molar-refractivity contribution in [2.75, 3.05) is 0 Å². The molecule has 0 aliphatic rings. The molecule has 0 atom stereocenters. The van der Waals surface area contributed by atoms with Gasteiger partial charge in [-0.15, -0.1) is 0 Å². The second kappa shape index (κ2) is 36.5. The van der Waals surface area contributed by atoms with Crippen LogP contribution in [0.5, 0.6) is 0 Å². The standard InChI is InChI=1S/C43H88/c1-6-7-8-9-10-11-12-13-14-15-16-17-18-19-20-21-22-23-24-25-26-27-28-33-38-43(39-34-29-31-36-41(2)3)40-35-30-32-37-42(4)5/h41-43H,6-40H2,1-5H3. The van der Waals surface area contributed by atoms with Crippen LogP contribution in [0.15, 0.2) is 0 Å². The van der Waals surface area contributed by atoms with E-state index in [1.807, 2.05) is 0 Å². The van der Waals surface area contributed by atoms with Gasteiger partial charge in [0.05, 0.1) is 0 Å². The molecule has 0 saturated carbocycles. The van der Waals surface area contributed by atoms with E-state index in [2.05, 4.69) is 34.6 Å². The minimum absolute atomic E-state index is 0.885. The highest BCUT2D eigenvalue weighted by Gasteiger charge is 2.09. The van der Waals surface area contributed by atoms with E-state index < -0.39 is 0 Å². The van der Waals surface area contributed by atoms with Crippen molar-refractivity contribution < 1.29 is 0 Å². The summed E-state index contributed by atoms with van der Waals surface area (Å²) < 4.78 is 0. The van der Waals surface area contributed by atoms with Crippen molar-refractivity contribution in [3.63, 3.8) is 0 Å². The lowest BCUT2D eigenvalue weighted by molar-refractivity contribution is 0.362. The summed E-state index contributed by atoms with van der Waals surface area (Å²) in [7, 11) is 0. The maximum atomic E-state index is 2.38. The fraction of sp³-hybridized carbons (Fsp3) is 1.00. The molecule has 0 bridgehead atoms. The third-order valence-electron chi connectivity index (χ3n) is 10.3. The van der Waals surface area contributed by atoms with Crippen molar-refractivity contribution in [2.45, 2.75) is 259 Å². The van der Waals surface area contributed by atoms with Crippen LogP contribution in [0.4, 0.5) is 0 Å². The summed E-state index contributed by atoms with van der Waals surface area (Å²) in [6, 6.07) is 0. The molecule has 0 aromatic heterocycles. The highest BCUT2D eigenvalue weighted by molar-refractivity contribution is 4.63. The van der Waals surface area contributed by atoms with Crippen LogP contribution in [0.25, 0.3) is 0 Å². The Morgan fingerprint density at radius 3 is 0.651 bits per heavy atom. The molecule has 0 N–H and O–H groups in total. The molecule has 43 heavy (non-hydrogen) atoms. The van der Waals surface area contributed by atoms with Gasteiger partial charge in [-0.25, -0.2) is 0 Å². The molecule has 0 radical (unpaired) electrons. The van der Waals surface area contributed by atoms with Gasteiger partial charge in [-0.3, -0.25) is 0 Å². The molecule has 0 aliphatic carbocycles. The zero-order valence-electron chi connectivity index (χ0n) is 31.5. The fourth-order valence-corrected chi connectivity index (χ4v) is 7.15. The van der Waals surface area contributed by atoms with Crippen LogP contribution in [0, 0.1) is 17.8 Å². The average Bonchev–Trinajstić information content (AvgIpc) is 2.98. The van der Waals surface area contributed by atoms with Crippen LogP contribution >= 0.6 is 0 Å². The molecule has 0 heterocycles. The van der Waals surface area contributed by atoms with Crippen LogP contribution in [0.3, 0.4) is 0 Å². The molecule has 0 aromatic rings. The molecule has 0 heteroatoms. The van der Waals surface area contributed by atoms with Crippen molar-refractivity contribution >= 4 is 0 Å². The van der Waals surface area contributed by atoms with Gasteiger partial charge in [0.25, 0.3) is 0 Å². The third-order valence-corrected chi connectivity index (χ3v) is 10.3. The molecule has 0 rings (SSSR count). The molecule has 0 unspecified atom stereocenters. The van der Waals surface area contributed by atoms with Crippen molar-refractivity contribution in [2.24, 2.45) is 17.8 Å². The average molecular weight is 605 g/mol. The Bertz CT molecular complexity index is 458. The second-order valence-electron chi connectivity index (χ2n) is 15.9. The van der Waals surface area contributed by atoms with E-state index in [-0.39, 0.29) is 0 Å². The molecule has 0 fully saturated rings. The van der Waals surface area contributed by atoms with E-state index in [0.29, 0.717) is 0 Å². The third kappa shape index (κ3) is 38.1. The first-order valence-corrected chi connectivity index (χ1v) is 21.1. The lowest BCUT2D eigenvalue weighted by Gasteiger charge is -2.17. The van der Waals surface area contributed by atoms with Crippen LogP contribution in [0.2, 0.25) is 0 Å². The largest absolute Gasteiger partial charge is 0.0654 e. The molecular weight excluding hydrogens is 516 g/mol. The van der Waals surface area contributed by atoms with E-state index in [0.717, 1.165) is 17.8 Å². The molecule has 0 aliphatic heterocycles. The Labute approximate surface area is 276 Å². The summed E-state index contributed by atoms with van der Waals surface area (Å²) in [5.41, 5.74) is 0. The van der Waals surface area contributed by atoms with Gasteiger partial charge in [-0.05, 0) is 17.8 Å². The van der Waals surface area contributed by atoms with Crippen molar-refractivity contribution in [3.05, 3.63) is 0 Å². The predicted octanol–water partition coefficient (Wildman–Crippen LogP) is 16.6. The molecule has 0 spiro atoms. The Kier molecular flexibility index (Phi) is 36.5. The lowest BCUT2D eigenvalue weighted by atomic mass is 9.89. The van der Waals surface area contributed by atoms with Crippen LogP contribution in [-0.2, 0) is 0 Å². The molecule has 0 amide bonds. The fourth-order valence-electron chi connectivity index (χ4n) is 7.15. The van der Waals surface area contributed by atoms with E-state index in [4.69, 9.17) is 0 Å². The van der Waals surface area contributed by atoms with E-state index in [1.165, 1.54) is 225 Å². The maximum absolute atomic E-state index is 2.38. The molecule has 260 valence electrons. The van der Waals surface area contributed by atoms with Crippen LogP contribution < -0.4 is 0 Å². The molecule has 0 aromatic carbocycles. The summed E-state index contributed by atoms with van der Waals surface area (Å²) in [4.78, 5) is 0. The Hall–Kier alpha value is 0. The summed E-state index contributed by atoms with van der Waals surface area (Å²) in [6.45, 7) is 11.8. The van der Waals surface area contributed by atoms with Gasteiger partial charge in [0.15, 0.2) is 0 Å². The first-order chi connectivity index (χ1) is 21.1. The zero-order valence-corrected chi connectivity index (χ0v) is 31.5. The minimum atomic E-state index is 0.885. The van der Waals surface area contributed by atoms with Gasteiger partial charge in [0.2, 0.25) is 0 Å². The van der Waals surface area contributed by atoms with E-state index in [9.17, 15) is 0 Å². The summed E-state index contributed by atoms with van der Waals surface area (Å²) in [6.07, 6.45) is 51.9. The Morgan fingerprint density at radius 2 is 0.419 bits per heavy atom. The number of hydrogen-bond donors (Lipinski definition) is 0. The van der Waals surface area contributed by atoms with Gasteiger partial charge in [0.1, 0.15) is 0 Å². The molecule has 0 saturated heterocycles. The predicted molar refractivity (Wildman–Crippen MR) is 200 cm³/mol. The highest BCUT2D eigenvalue weighted by Crippen LogP contribution is 2.25. The molecular formula is C43H88. The van der Waals surface area contributed by atoms with Gasteiger partial charge in [0, 0.05) is 0 Å². The topological polar surface area (TPSA) is 0 Å².